The van der Waals surface area contributed by atoms with Crippen molar-refractivity contribution in [1.29, 1.82) is 0 Å². The first kappa shape index (κ1) is 14.8. The fourth-order valence-corrected chi connectivity index (χ4v) is 1.72. The van der Waals surface area contributed by atoms with Crippen LogP contribution in [0, 0.1) is 5.82 Å². The summed E-state index contributed by atoms with van der Waals surface area (Å²) >= 11 is 0. The molecule has 0 bridgehead atoms. The van der Waals surface area contributed by atoms with E-state index in [0.717, 1.165) is 6.42 Å². The van der Waals surface area contributed by atoms with Crippen LogP contribution >= 0.6 is 0 Å². The number of urea groups is 1. The van der Waals surface area contributed by atoms with Crippen LogP contribution in [0.4, 0.5) is 14.9 Å². The number of amides is 2. The molecule has 0 saturated carbocycles. The van der Waals surface area contributed by atoms with E-state index in [1.807, 2.05) is 25.1 Å². The third kappa shape index (κ3) is 4.21. The van der Waals surface area contributed by atoms with Gasteiger partial charge in [0.15, 0.2) is 11.6 Å². The van der Waals surface area contributed by atoms with Crippen LogP contribution in [0.1, 0.15) is 13.3 Å². The maximum Gasteiger partial charge on any atom is 0.319 e. The van der Waals surface area contributed by atoms with E-state index >= 15 is 0 Å². The Bertz CT molecular complexity index is 602. The molecule has 0 radical (unpaired) electrons. The van der Waals surface area contributed by atoms with Crippen LogP contribution in [-0.2, 0) is 0 Å². The van der Waals surface area contributed by atoms with Crippen molar-refractivity contribution in [2.24, 2.45) is 0 Å². The average Bonchev–Trinajstić information content (AvgIpc) is 2.50. The van der Waals surface area contributed by atoms with Gasteiger partial charge in [-0.25, -0.2) is 9.18 Å². The van der Waals surface area contributed by atoms with Crippen molar-refractivity contribution in [1.82, 2.24) is 5.32 Å². The van der Waals surface area contributed by atoms with Crippen molar-refractivity contribution in [3.8, 4) is 11.5 Å². The lowest BCUT2D eigenvalue weighted by Gasteiger charge is -2.13. The molecule has 0 fully saturated rings. The molecule has 0 unspecified atom stereocenters. The predicted molar refractivity (Wildman–Crippen MR) is 80.2 cm³/mol. The highest BCUT2D eigenvalue weighted by Gasteiger charge is 2.13. The molecule has 0 saturated heterocycles. The molecule has 2 N–H and O–H groups in total. The van der Waals surface area contributed by atoms with Crippen LogP contribution in [0.3, 0.4) is 0 Å². The van der Waals surface area contributed by atoms with E-state index in [4.69, 9.17) is 4.74 Å². The van der Waals surface area contributed by atoms with Gasteiger partial charge in [-0.3, -0.25) is 0 Å². The Balaban J connectivity index is 2.18. The van der Waals surface area contributed by atoms with Crippen molar-refractivity contribution in [3.63, 3.8) is 0 Å². The van der Waals surface area contributed by atoms with Crippen molar-refractivity contribution < 1.29 is 13.9 Å². The molecule has 5 heteroatoms. The third-order valence-corrected chi connectivity index (χ3v) is 2.72. The van der Waals surface area contributed by atoms with Crippen LogP contribution in [0.25, 0.3) is 0 Å². The first-order valence-corrected chi connectivity index (χ1v) is 6.77. The number of anilines is 1. The summed E-state index contributed by atoms with van der Waals surface area (Å²) in [6, 6.07) is 12.9. The summed E-state index contributed by atoms with van der Waals surface area (Å²) < 4.78 is 19.5. The lowest BCUT2D eigenvalue weighted by Crippen LogP contribution is -2.29. The lowest BCUT2D eigenvalue weighted by molar-refractivity contribution is 0.252. The number of benzene rings is 2. The number of nitrogens with one attached hydrogen (secondary N) is 2. The average molecular weight is 288 g/mol. The monoisotopic (exact) mass is 288 g/mol. The summed E-state index contributed by atoms with van der Waals surface area (Å²) in [6.07, 6.45) is 0.804. The van der Waals surface area contributed by atoms with E-state index in [1.165, 1.54) is 12.1 Å². The molecule has 0 aliphatic heterocycles. The molecule has 2 aromatic rings. The van der Waals surface area contributed by atoms with Gasteiger partial charge in [0, 0.05) is 6.54 Å². The lowest BCUT2D eigenvalue weighted by atomic mass is 10.2. The number of hydrogen-bond donors (Lipinski definition) is 2. The van der Waals surface area contributed by atoms with Gasteiger partial charge in [-0.2, -0.15) is 0 Å². The number of ether oxygens (including phenoxy) is 1. The third-order valence-electron chi connectivity index (χ3n) is 2.72. The minimum Gasteiger partial charge on any atom is -0.455 e. The van der Waals surface area contributed by atoms with E-state index in [9.17, 15) is 9.18 Å². The first-order valence-electron chi connectivity index (χ1n) is 6.77. The van der Waals surface area contributed by atoms with Gasteiger partial charge in [0.05, 0.1) is 0 Å². The standard InChI is InChI=1S/C16H17FN2O2/c1-2-11-18-16(20)19-15-13(17)9-6-10-14(15)21-12-7-4-3-5-8-12/h3-10H,2,11H2,1H3,(H2,18,19,20). The zero-order chi connectivity index (χ0) is 15.1. The van der Waals surface area contributed by atoms with Crippen molar-refractivity contribution in [2.45, 2.75) is 13.3 Å². The second-order valence-corrected chi connectivity index (χ2v) is 4.41. The fraction of sp³-hybridized carbons (Fsp3) is 0.188. The second kappa shape index (κ2) is 7.28. The van der Waals surface area contributed by atoms with Crippen LogP contribution in [0.5, 0.6) is 11.5 Å². The highest BCUT2D eigenvalue weighted by molar-refractivity contribution is 5.91. The predicted octanol–water partition coefficient (Wildman–Crippen LogP) is 4.15. The maximum atomic E-state index is 13.9. The summed E-state index contributed by atoms with van der Waals surface area (Å²) in [7, 11) is 0. The molecular formula is C16H17FN2O2. The normalized spacial score (nSPS) is 10.0. The highest BCUT2D eigenvalue weighted by Crippen LogP contribution is 2.31. The van der Waals surface area contributed by atoms with Crippen molar-refractivity contribution in [2.75, 3.05) is 11.9 Å². The Kier molecular flexibility index (Phi) is 5.15. The highest BCUT2D eigenvalue weighted by atomic mass is 19.1. The Labute approximate surface area is 122 Å². The second-order valence-electron chi connectivity index (χ2n) is 4.41. The molecule has 2 amide bonds. The fourth-order valence-electron chi connectivity index (χ4n) is 1.72. The van der Waals surface area contributed by atoms with Gasteiger partial charge >= 0.3 is 6.03 Å². The van der Waals surface area contributed by atoms with Gasteiger partial charge in [0.1, 0.15) is 11.4 Å². The van der Waals surface area contributed by atoms with E-state index < -0.39 is 11.8 Å². The SMILES string of the molecule is CCCNC(=O)Nc1c(F)cccc1Oc1ccccc1. The summed E-state index contributed by atoms with van der Waals surface area (Å²) in [5.41, 5.74) is 0.0231. The van der Waals surface area contributed by atoms with Crippen molar-refractivity contribution >= 4 is 11.7 Å². The molecule has 2 aromatic carbocycles. The van der Waals surface area contributed by atoms with E-state index in [0.29, 0.717) is 12.3 Å². The van der Waals surface area contributed by atoms with Gasteiger partial charge in [-0.05, 0) is 30.7 Å². The summed E-state index contributed by atoms with van der Waals surface area (Å²) in [5, 5.41) is 5.11. The largest absolute Gasteiger partial charge is 0.455 e. The van der Waals surface area contributed by atoms with Crippen LogP contribution in [0.2, 0.25) is 0 Å². The molecule has 2 rings (SSSR count). The summed E-state index contributed by atoms with van der Waals surface area (Å²) in [4.78, 5) is 11.7. The molecule has 0 heterocycles. The molecule has 4 nitrogen and oxygen atoms in total. The van der Waals surface area contributed by atoms with E-state index in [1.54, 1.807) is 18.2 Å². The molecule has 0 aromatic heterocycles. The number of hydrogen-bond acceptors (Lipinski definition) is 2. The maximum absolute atomic E-state index is 13.9. The minimum atomic E-state index is -0.546. The summed E-state index contributed by atoms with van der Waals surface area (Å²) in [6.45, 7) is 2.46. The Morgan fingerprint density at radius 2 is 1.90 bits per heavy atom. The molecular weight excluding hydrogens is 271 g/mol. The van der Waals surface area contributed by atoms with Crippen molar-refractivity contribution in [3.05, 3.63) is 54.3 Å². The Hall–Kier alpha value is -2.56. The Morgan fingerprint density at radius 3 is 2.62 bits per heavy atom. The van der Waals surface area contributed by atoms with Gasteiger partial charge in [-0.1, -0.05) is 31.2 Å². The van der Waals surface area contributed by atoms with Crippen LogP contribution < -0.4 is 15.4 Å². The van der Waals surface area contributed by atoms with Gasteiger partial charge in [-0.15, -0.1) is 0 Å². The zero-order valence-corrected chi connectivity index (χ0v) is 11.7. The van der Waals surface area contributed by atoms with Crippen LogP contribution in [-0.4, -0.2) is 12.6 Å². The number of para-hydroxylation sites is 2. The molecule has 21 heavy (non-hydrogen) atoms. The summed E-state index contributed by atoms with van der Waals surface area (Å²) in [5.74, 6) is 0.281. The first-order chi connectivity index (χ1) is 10.2. The van der Waals surface area contributed by atoms with Crippen LogP contribution in [0.15, 0.2) is 48.5 Å². The van der Waals surface area contributed by atoms with E-state index in [2.05, 4.69) is 10.6 Å². The molecule has 0 aliphatic rings. The van der Waals surface area contributed by atoms with Gasteiger partial charge < -0.3 is 15.4 Å². The quantitative estimate of drug-likeness (QED) is 0.868. The number of rotatable bonds is 5. The van der Waals surface area contributed by atoms with Gasteiger partial charge in [0.25, 0.3) is 0 Å². The molecule has 0 aliphatic carbocycles. The Morgan fingerprint density at radius 1 is 1.14 bits per heavy atom. The number of carbonyl (C=O) groups excluding carboxylic acids is 1. The molecule has 110 valence electrons. The van der Waals surface area contributed by atoms with E-state index in [-0.39, 0.29) is 11.4 Å². The topological polar surface area (TPSA) is 50.4 Å². The zero-order valence-electron chi connectivity index (χ0n) is 11.7. The molecule has 0 spiro atoms. The molecule has 0 atom stereocenters. The smallest absolute Gasteiger partial charge is 0.319 e. The van der Waals surface area contributed by atoms with Gasteiger partial charge in [0.2, 0.25) is 0 Å². The number of carbonyl (C=O) groups is 1. The minimum absolute atomic E-state index is 0.0231. The number of halogens is 1.